The number of ether oxygens (including phenoxy) is 1. The van der Waals surface area contributed by atoms with Gasteiger partial charge in [0.15, 0.2) is 5.75 Å². The zero-order valence-electron chi connectivity index (χ0n) is 15.2. The molecule has 0 aliphatic carbocycles. The topological polar surface area (TPSA) is 118 Å². The number of hydrogen-bond donors (Lipinski definition) is 3. The van der Waals surface area contributed by atoms with Gasteiger partial charge in [-0.3, -0.25) is 14.2 Å². The van der Waals surface area contributed by atoms with Gasteiger partial charge >= 0.3 is 0 Å². The van der Waals surface area contributed by atoms with E-state index >= 15 is 0 Å². The summed E-state index contributed by atoms with van der Waals surface area (Å²) in [7, 11) is 0. The van der Waals surface area contributed by atoms with Gasteiger partial charge in [0.05, 0.1) is 17.9 Å². The fourth-order valence-electron chi connectivity index (χ4n) is 2.25. The molecule has 3 aromatic rings. The molecular formula is C18H20N6O2S. The standard InChI is InChI=1S/C18H20N6O2S/c1-18(2,3)23-15(19)14-16(25)24-27-17(14)22-11-4-6-12(7-5-11)26-13-8-20-10-21-9-13/h4-10,22H,1-3H3,(H2,19,23)(H,24,25). The van der Waals surface area contributed by atoms with E-state index in [9.17, 15) is 4.79 Å². The first-order valence-corrected chi connectivity index (χ1v) is 9.00. The van der Waals surface area contributed by atoms with Crippen molar-refractivity contribution in [3.8, 4) is 11.5 Å². The Morgan fingerprint density at radius 2 is 1.85 bits per heavy atom. The van der Waals surface area contributed by atoms with Crippen molar-refractivity contribution in [1.82, 2.24) is 14.3 Å². The van der Waals surface area contributed by atoms with E-state index in [0.29, 0.717) is 22.1 Å². The molecule has 2 heterocycles. The Labute approximate surface area is 160 Å². The summed E-state index contributed by atoms with van der Waals surface area (Å²) in [6.45, 7) is 5.76. The van der Waals surface area contributed by atoms with Crippen molar-refractivity contribution >= 4 is 28.1 Å². The molecule has 9 heteroatoms. The Morgan fingerprint density at radius 3 is 2.48 bits per heavy atom. The fourth-order valence-corrected chi connectivity index (χ4v) is 3.02. The molecule has 1 aromatic carbocycles. The highest BCUT2D eigenvalue weighted by Crippen LogP contribution is 2.26. The number of nitrogens with two attached hydrogens (primary N) is 1. The zero-order chi connectivity index (χ0) is 19.4. The number of amidine groups is 1. The largest absolute Gasteiger partial charge is 0.454 e. The van der Waals surface area contributed by atoms with Crippen molar-refractivity contribution in [3.05, 3.63) is 58.9 Å². The highest BCUT2D eigenvalue weighted by molar-refractivity contribution is 7.10. The van der Waals surface area contributed by atoms with E-state index in [4.69, 9.17) is 10.5 Å². The molecule has 4 N–H and O–H groups in total. The lowest BCUT2D eigenvalue weighted by molar-refractivity contribution is 0.477. The van der Waals surface area contributed by atoms with Gasteiger partial charge in [0, 0.05) is 5.69 Å². The number of nitrogens with zero attached hydrogens (tertiary/aromatic N) is 3. The fraction of sp³-hybridized carbons (Fsp3) is 0.222. The maximum Gasteiger partial charge on any atom is 0.271 e. The molecule has 0 fully saturated rings. The number of anilines is 2. The van der Waals surface area contributed by atoms with Gasteiger partial charge in [-0.05, 0) is 56.6 Å². The van der Waals surface area contributed by atoms with E-state index in [2.05, 4.69) is 24.7 Å². The Balaban J connectivity index is 1.78. The van der Waals surface area contributed by atoms with E-state index in [1.54, 1.807) is 24.5 Å². The predicted molar refractivity (Wildman–Crippen MR) is 107 cm³/mol. The van der Waals surface area contributed by atoms with Gasteiger partial charge in [-0.25, -0.2) is 9.97 Å². The number of nitrogens with one attached hydrogen (secondary N) is 2. The van der Waals surface area contributed by atoms with Gasteiger partial charge < -0.3 is 15.8 Å². The molecule has 27 heavy (non-hydrogen) atoms. The maximum atomic E-state index is 12.1. The lowest BCUT2D eigenvalue weighted by atomic mass is 10.1. The van der Waals surface area contributed by atoms with E-state index in [-0.39, 0.29) is 16.9 Å². The zero-order valence-corrected chi connectivity index (χ0v) is 16.0. The van der Waals surface area contributed by atoms with Crippen LogP contribution in [-0.4, -0.2) is 25.7 Å². The SMILES string of the molecule is CC(C)(C)N=C(N)c1c(Nc2ccc(Oc3cncnc3)cc2)s[nH]c1=O. The number of benzene rings is 1. The van der Waals surface area contributed by atoms with Gasteiger partial charge in [-0.15, -0.1) is 0 Å². The summed E-state index contributed by atoms with van der Waals surface area (Å²) in [5.74, 6) is 1.40. The summed E-state index contributed by atoms with van der Waals surface area (Å²) in [6.07, 6.45) is 4.61. The van der Waals surface area contributed by atoms with Gasteiger partial charge in [0.2, 0.25) is 0 Å². The molecular weight excluding hydrogens is 364 g/mol. The highest BCUT2D eigenvalue weighted by atomic mass is 32.1. The van der Waals surface area contributed by atoms with Crippen molar-refractivity contribution in [1.29, 1.82) is 0 Å². The third kappa shape index (κ3) is 4.91. The lowest BCUT2D eigenvalue weighted by Gasteiger charge is -2.13. The second kappa shape index (κ2) is 7.58. The molecule has 3 rings (SSSR count). The van der Waals surface area contributed by atoms with E-state index in [1.165, 1.54) is 17.9 Å². The van der Waals surface area contributed by atoms with Crippen LogP contribution in [0, 0.1) is 0 Å². The predicted octanol–water partition coefficient (Wildman–Crippen LogP) is 3.27. The monoisotopic (exact) mass is 384 g/mol. The maximum absolute atomic E-state index is 12.1. The summed E-state index contributed by atoms with van der Waals surface area (Å²) in [6, 6.07) is 7.28. The number of rotatable bonds is 5. The normalized spacial score (nSPS) is 12.0. The molecule has 0 atom stereocenters. The minimum absolute atomic E-state index is 0.205. The molecule has 0 radical (unpaired) electrons. The molecule has 0 amide bonds. The smallest absolute Gasteiger partial charge is 0.271 e. The van der Waals surface area contributed by atoms with Gasteiger partial charge in [-0.2, -0.15) is 0 Å². The van der Waals surface area contributed by atoms with Crippen LogP contribution >= 0.6 is 11.5 Å². The Kier molecular flexibility index (Phi) is 5.22. The van der Waals surface area contributed by atoms with Gasteiger partial charge in [0.25, 0.3) is 5.56 Å². The second-order valence-electron chi connectivity index (χ2n) is 6.73. The van der Waals surface area contributed by atoms with Crippen molar-refractivity contribution in [2.45, 2.75) is 26.3 Å². The molecule has 8 nitrogen and oxygen atoms in total. The number of H-pyrrole nitrogens is 1. The number of hydrogen-bond acceptors (Lipinski definition) is 7. The van der Waals surface area contributed by atoms with Crippen LogP contribution in [0.3, 0.4) is 0 Å². The summed E-state index contributed by atoms with van der Waals surface area (Å²) in [4.78, 5) is 24.3. The third-order valence-corrected chi connectivity index (χ3v) is 4.09. The first-order valence-electron chi connectivity index (χ1n) is 8.19. The Hall–Kier alpha value is -3.20. The Bertz CT molecular complexity index is 987. The van der Waals surface area contributed by atoms with E-state index < -0.39 is 0 Å². The van der Waals surface area contributed by atoms with Crippen LogP contribution in [0.1, 0.15) is 26.3 Å². The van der Waals surface area contributed by atoms with Crippen LogP contribution in [0.15, 0.2) is 52.8 Å². The summed E-state index contributed by atoms with van der Waals surface area (Å²) < 4.78 is 8.35. The molecule has 0 aliphatic heterocycles. The Morgan fingerprint density at radius 1 is 1.19 bits per heavy atom. The number of aliphatic imine (C=N–C) groups is 1. The van der Waals surface area contributed by atoms with Crippen molar-refractivity contribution < 1.29 is 4.74 Å². The first kappa shape index (κ1) is 18.6. The number of aromatic amines is 1. The molecule has 0 saturated carbocycles. The minimum Gasteiger partial charge on any atom is -0.454 e. The average molecular weight is 384 g/mol. The lowest BCUT2D eigenvalue weighted by Crippen LogP contribution is -2.26. The molecule has 0 aliphatic rings. The highest BCUT2D eigenvalue weighted by Gasteiger charge is 2.17. The average Bonchev–Trinajstić information content (AvgIpc) is 2.96. The number of aromatic nitrogens is 3. The summed E-state index contributed by atoms with van der Waals surface area (Å²) in [5, 5.41) is 3.80. The quantitative estimate of drug-likeness (QED) is 0.459. The molecule has 0 unspecified atom stereocenters. The second-order valence-corrected chi connectivity index (χ2v) is 7.55. The molecule has 2 aromatic heterocycles. The van der Waals surface area contributed by atoms with Gasteiger partial charge in [0.1, 0.15) is 28.5 Å². The molecule has 0 bridgehead atoms. The van der Waals surface area contributed by atoms with Crippen molar-refractivity contribution in [3.63, 3.8) is 0 Å². The van der Waals surface area contributed by atoms with Crippen molar-refractivity contribution in [2.24, 2.45) is 10.7 Å². The van der Waals surface area contributed by atoms with Crippen LogP contribution in [-0.2, 0) is 0 Å². The minimum atomic E-state index is -0.379. The molecule has 140 valence electrons. The third-order valence-electron chi connectivity index (χ3n) is 3.30. The van der Waals surface area contributed by atoms with Crippen LogP contribution in [0.25, 0.3) is 0 Å². The summed E-state index contributed by atoms with van der Waals surface area (Å²) in [5.41, 5.74) is 6.54. The van der Waals surface area contributed by atoms with Crippen LogP contribution in [0.5, 0.6) is 11.5 Å². The van der Waals surface area contributed by atoms with Gasteiger partial charge in [-0.1, -0.05) is 0 Å². The molecule has 0 spiro atoms. The van der Waals surface area contributed by atoms with Crippen LogP contribution < -0.4 is 21.3 Å². The summed E-state index contributed by atoms with van der Waals surface area (Å²) >= 11 is 1.17. The first-order chi connectivity index (χ1) is 12.8. The van der Waals surface area contributed by atoms with E-state index in [1.807, 2.05) is 32.9 Å². The molecule has 0 saturated heterocycles. The van der Waals surface area contributed by atoms with Crippen molar-refractivity contribution in [2.75, 3.05) is 5.32 Å². The van der Waals surface area contributed by atoms with Crippen LogP contribution in [0.2, 0.25) is 0 Å². The van der Waals surface area contributed by atoms with Crippen LogP contribution in [0.4, 0.5) is 10.7 Å². The van der Waals surface area contributed by atoms with E-state index in [0.717, 1.165) is 5.69 Å².